The number of pyridine rings is 1. The molecule has 0 aliphatic carbocycles. The number of nitrogens with zero attached hydrogens (tertiary/aromatic N) is 2. The van der Waals surface area contributed by atoms with Crippen molar-refractivity contribution in [3.05, 3.63) is 30.5 Å². The zero-order valence-corrected chi connectivity index (χ0v) is 12.2. The lowest BCUT2D eigenvalue weighted by Gasteiger charge is -2.32. The van der Waals surface area contributed by atoms with Gasteiger partial charge in [0.05, 0.1) is 23.1 Å². The van der Waals surface area contributed by atoms with Gasteiger partial charge < -0.3 is 10.6 Å². The summed E-state index contributed by atoms with van der Waals surface area (Å²) in [5.41, 5.74) is 9.08. The second-order valence-corrected chi connectivity index (χ2v) is 5.72. The molecule has 1 aromatic carbocycles. The molecular weight excluding hydrogens is 234 g/mol. The van der Waals surface area contributed by atoms with Crippen molar-refractivity contribution in [3.63, 3.8) is 0 Å². The molecule has 0 bridgehead atoms. The second-order valence-electron chi connectivity index (χ2n) is 5.72. The third kappa shape index (κ3) is 2.80. The highest BCUT2D eigenvalue weighted by molar-refractivity contribution is 5.97. The number of aromatic nitrogens is 1. The molecule has 0 atom stereocenters. The van der Waals surface area contributed by atoms with Gasteiger partial charge in [0.1, 0.15) is 0 Å². The van der Waals surface area contributed by atoms with Crippen LogP contribution in [0, 0.1) is 5.92 Å². The van der Waals surface area contributed by atoms with Gasteiger partial charge >= 0.3 is 0 Å². The Labute approximate surface area is 115 Å². The predicted octanol–water partition coefficient (Wildman–Crippen LogP) is 3.69. The molecule has 0 saturated heterocycles. The summed E-state index contributed by atoms with van der Waals surface area (Å²) in [6.45, 7) is 9.87. The van der Waals surface area contributed by atoms with Crippen LogP contribution in [0.25, 0.3) is 10.9 Å². The molecule has 3 heteroatoms. The largest absolute Gasteiger partial charge is 0.396 e. The monoisotopic (exact) mass is 257 g/mol. The van der Waals surface area contributed by atoms with Crippen molar-refractivity contribution in [3.8, 4) is 0 Å². The summed E-state index contributed by atoms with van der Waals surface area (Å²) in [6.07, 6.45) is 1.77. The molecule has 0 aliphatic rings. The molecule has 0 aliphatic heterocycles. The van der Waals surface area contributed by atoms with Crippen LogP contribution in [0.15, 0.2) is 30.5 Å². The maximum Gasteiger partial charge on any atom is 0.0745 e. The summed E-state index contributed by atoms with van der Waals surface area (Å²) in [7, 11) is 0. The molecule has 0 fully saturated rings. The first-order valence-corrected chi connectivity index (χ1v) is 6.90. The van der Waals surface area contributed by atoms with Crippen LogP contribution in [-0.4, -0.2) is 17.6 Å². The van der Waals surface area contributed by atoms with Gasteiger partial charge in [-0.3, -0.25) is 4.98 Å². The van der Waals surface area contributed by atoms with Gasteiger partial charge in [0.25, 0.3) is 0 Å². The number of fused-ring (bicyclic) bond motifs is 1. The van der Waals surface area contributed by atoms with Crippen LogP contribution in [0.5, 0.6) is 0 Å². The Hall–Kier alpha value is -1.77. The van der Waals surface area contributed by atoms with Crippen molar-refractivity contribution < 1.29 is 0 Å². The Morgan fingerprint density at radius 2 is 1.84 bits per heavy atom. The fraction of sp³-hybridized carbons (Fsp3) is 0.438. The number of rotatable bonds is 4. The summed E-state index contributed by atoms with van der Waals surface area (Å²) in [5.74, 6) is 0.591. The first kappa shape index (κ1) is 13.7. The first-order chi connectivity index (χ1) is 9.00. The zero-order valence-electron chi connectivity index (χ0n) is 12.2. The zero-order chi connectivity index (χ0) is 14.0. The average molecular weight is 257 g/mol. The van der Waals surface area contributed by atoms with Crippen LogP contribution < -0.4 is 10.6 Å². The smallest absolute Gasteiger partial charge is 0.0745 e. The molecule has 3 nitrogen and oxygen atoms in total. The first-order valence-electron chi connectivity index (χ1n) is 6.90. The highest BCUT2D eigenvalue weighted by Crippen LogP contribution is 2.33. The fourth-order valence-electron chi connectivity index (χ4n) is 2.42. The van der Waals surface area contributed by atoms with E-state index in [0.29, 0.717) is 12.0 Å². The van der Waals surface area contributed by atoms with E-state index in [4.69, 9.17) is 5.73 Å². The highest BCUT2D eigenvalue weighted by Gasteiger charge is 2.18. The van der Waals surface area contributed by atoms with E-state index in [9.17, 15) is 0 Å². The summed E-state index contributed by atoms with van der Waals surface area (Å²) < 4.78 is 0. The van der Waals surface area contributed by atoms with Gasteiger partial charge in [-0.15, -0.1) is 0 Å². The second kappa shape index (κ2) is 5.47. The van der Waals surface area contributed by atoms with E-state index in [2.05, 4.69) is 43.6 Å². The standard InChI is InChI=1S/C16H23N3/c1-11(2)10-19(12(3)4)16-13-7-5-6-8-15(13)18-9-14(16)17/h5-9,11-12H,10,17H2,1-4H3. The number of anilines is 2. The maximum absolute atomic E-state index is 6.20. The average Bonchev–Trinajstić information content (AvgIpc) is 2.36. The van der Waals surface area contributed by atoms with Crippen molar-refractivity contribution >= 4 is 22.3 Å². The number of hydrogen-bond donors (Lipinski definition) is 1. The van der Waals surface area contributed by atoms with Gasteiger partial charge in [-0.2, -0.15) is 0 Å². The van der Waals surface area contributed by atoms with Crippen molar-refractivity contribution in [2.45, 2.75) is 33.7 Å². The quantitative estimate of drug-likeness (QED) is 0.908. The van der Waals surface area contributed by atoms with Crippen LogP contribution in [-0.2, 0) is 0 Å². The predicted molar refractivity (Wildman–Crippen MR) is 83.5 cm³/mol. The Bertz CT molecular complexity index is 561. The molecule has 0 amide bonds. The van der Waals surface area contributed by atoms with Crippen LogP contribution in [0.2, 0.25) is 0 Å². The number of nitrogens with two attached hydrogens (primary N) is 1. The summed E-state index contributed by atoms with van der Waals surface area (Å²) in [6, 6.07) is 8.60. The minimum atomic E-state index is 0.413. The van der Waals surface area contributed by atoms with E-state index >= 15 is 0 Å². The maximum atomic E-state index is 6.20. The molecule has 1 heterocycles. The molecule has 2 N–H and O–H groups in total. The highest BCUT2D eigenvalue weighted by atomic mass is 15.2. The molecule has 102 valence electrons. The Morgan fingerprint density at radius 1 is 1.16 bits per heavy atom. The van der Waals surface area contributed by atoms with Gasteiger partial charge in [0.15, 0.2) is 0 Å². The lowest BCUT2D eigenvalue weighted by molar-refractivity contribution is 0.573. The molecular formula is C16H23N3. The van der Waals surface area contributed by atoms with Crippen molar-refractivity contribution in [2.24, 2.45) is 5.92 Å². The topological polar surface area (TPSA) is 42.1 Å². The van der Waals surface area contributed by atoms with Crippen molar-refractivity contribution in [2.75, 3.05) is 17.2 Å². The number of benzene rings is 1. The van der Waals surface area contributed by atoms with E-state index in [1.165, 1.54) is 0 Å². The summed E-state index contributed by atoms with van der Waals surface area (Å²) in [5, 5.41) is 1.14. The number of nitrogen functional groups attached to an aromatic ring is 1. The summed E-state index contributed by atoms with van der Waals surface area (Å²) in [4.78, 5) is 6.79. The van der Waals surface area contributed by atoms with E-state index in [1.807, 2.05) is 18.2 Å². The Balaban J connectivity index is 2.60. The van der Waals surface area contributed by atoms with Gasteiger partial charge in [-0.25, -0.2) is 0 Å². The third-order valence-corrected chi connectivity index (χ3v) is 3.25. The molecule has 0 spiro atoms. The van der Waals surface area contributed by atoms with Gasteiger partial charge in [0, 0.05) is 18.0 Å². The lowest BCUT2D eigenvalue weighted by Crippen LogP contribution is -2.34. The molecule has 2 aromatic rings. The fourth-order valence-corrected chi connectivity index (χ4v) is 2.42. The van der Waals surface area contributed by atoms with Gasteiger partial charge in [-0.1, -0.05) is 32.0 Å². The SMILES string of the molecule is CC(C)CN(c1c(N)cnc2ccccc12)C(C)C. The van der Waals surface area contributed by atoms with Gasteiger partial charge in [-0.05, 0) is 25.8 Å². The molecule has 19 heavy (non-hydrogen) atoms. The molecule has 0 radical (unpaired) electrons. The minimum Gasteiger partial charge on any atom is -0.396 e. The molecule has 2 rings (SSSR count). The number of para-hydroxylation sites is 1. The molecule has 0 unspecified atom stereocenters. The summed E-state index contributed by atoms with van der Waals surface area (Å²) >= 11 is 0. The Kier molecular flexibility index (Phi) is 3.93. The van der Waals surface area contributed by atoms with Crippen LogP contribution in [0.4, 0.5) is 11.4 Å². The lowest BCUT2D eigenvalue weighted by atomic mass is 10.1. The van der Waals surface area contributed by atoms with Crippen molar-refractivity contribution in [1.29, 1.82) is 0 Å². The number of hydrogen-bond acceptors (Lipinski definition) is 3. The van der Waals surface area contributed by atoms with Crippen LogP contribution in [0.1, 0.15) is 27.7 Å². The van der Waals surface area contributed by atoms with Crippen LogP contribution in [0.3, 0.4) is 0 Å². The molecule has 1 aromatic heterocycles. The van der Waals surface area contributed by atoms with E-state index in [1.54, 1.807) is 6.20 Å². The van der Waals surface area contributed by atoms with Crippen molar-refractivity contribution in [1.82, 2.24) is 4.98 Å². The van der Waals surface area contributed by atoms with Gasteiger partial charge in [0.2, 0.25) is 0 Å². The minimum absolute atomic E-state index is 0.413. The van der Waals surface area contributed by atoms with Crippen LogP contribution >= 0.6 is 0 Å². The van der Waals surface area contributed by atoms with E-state index in [0.717, 1.165) is 28.8 Å². The third-order valence-electron chi connectivity index (χ3n) is 3.25. The normalized spacial score (nSPS) is 11.5. The van der Waals surface area contributed by atoms with E-state index in [-0.39, 0.29) is 0 Å². The Morgan fingerprint density at radius 3 is 2.47 bits per heavy atom. The van der Waals surface area contributed by atoms with E-state index < -0.39 is 0 Å². The molecule has 0 saturated carbocycles.